The van der Waals surface area contributed by atoms with E-state index >= 15 is 0 Å². The van der Waals surface area contributed by atoms with Crippen LogP contribution >= 0.6 is 0 Å². The Kier molecular flexibility index (Phi) is 11.9. The lowest BCUT2D eigenvalue weighted by molar-refractivity contribution is 0.202. The molecule has 0 fully saturated rings. The highest BCUT2D eigenvalue weighted by Gasteiger charge is 2.48. The van der Waals surface area contributed by atoms with Crippen molar-refractivity contribution in [3.05, 3.63) is 230 Å². The Balaban J connectivity index is 1.32. The van der Waals surface area contributed by atoms with Crippen molar-refractivity contribution in [2.75, 3.05) is 0 Å². The minimum Gasteiger partial charge on any atom is -0.339 e. The van der Waals surface area contributed by atoms with Crippen LogP contribution < -0.4 is 0 Å². The number of fused-ring (bicyclic) bond motifs is 6. The molecule has 0 amide bonds. The predicted molar refractivity (Wildman–Crippen MR) is 281 cm³/mol. The van der Waals surface area contributed by atoms with Gasteiger partial charge in [-0.2, -0.15) is 0 Å². The first-order chi connectivity index (χ1) is 32.9. The molecule has 5 aromatic carbocycles. The van der Waals surface area contributed by atoms with Crippen LogP contribution in [0.4, 0.5) is 0 Å². The number of allylic oxidation sites excluding steroid dienone is 12. The van der Waals surface area contributed by atoms with Gasteiger partial charge in [0.15, 0.2) is 11.6 Å². The molecule has 6 heteroatoms. The summed E-state index contributed by atoms with van der Waals surface area (Å²) in [6, 6.07) is 46.0. The average molecular weight is 875 g/mol. The fourth-order valence-corrected chi connectivity index (χ4v) is 11.0. The van der Waals surface area contributed by atoms with Gasteiger partial charge in [0.1, 0.15) is 11.4 Å². The summed E-state index contributed by atoms with van der Waals surface area (Å²) in [5.41, 5.74) is 9.75. The highest BCUT2D eigenvalue weighted by atomic mass is 15.3. The topological polar surface area (TPSA) is 51.8 Å². The first-order valence-electron chi connectivity index (χ1n) is 23.8. The van der Waals surface area contributed by atoms with Crippen molar-refractivity contribution >= 4 is 49.2 Å². The van der Waals surface area contributed by atoms with E-state index in [9.17, 15) is 0 Å². The molecule has 0 radical (unpaired) electrons. The molecule has 4 unspecified atom stereocenters. The van der Waals surface area contributed by atoms with Crippen LogP contribution in [0, 0.1) is 11.8 Å². The van der Waals surface area contributed by atoms with E-state index in [4.69, 9.17) is 15.0 Å². The number of para-hydroxylation sites is 4. The number of aromatic nitrogens is 5. The molecule has 1 aliphatic heterocycles. The summed E-state index contributed by atoms with van der Waals surface area (Å²) in [5.74, 6) is 2.63. The van der Waals surface area contributed by atoms with Crippen LogP contribution in [-0.4, -0.2) is 35.0 Å². The Bertz CT molecular complexity index is 3260. The van der Waals surface area contributed by atoms with Gasteiger partial charge >= 0.3 is 0 Å². The molecule has 4 heterocycles. The number of hydrogen-bond donors (Lipinski definition) is 0. The maximum Gasteiger partial charge on any atom is 0.163 e. The lowest BCUT2D eigenvalue weighted by atomic mass is 9.84. The predicted octanol–water partition coefficient (Wildman–Crippen LogP) is 14.7. The van der Waals surface area contributed by atoms with Crippen LogP contribution in [0.25, 0.3) is 60.6 Å². The molecule has 332 valence electrons. The van der Waals surface area contributed by atoms with Gasteiger partial charge in [-0.15, -0.1) is 0 Å². The number of rotatable bonds is 14. The minimum atomic E-state index is -0.781. The highest BCUT2D eigenvalue weighted by molar-refractivity contribution is 6.09. The molecule has 4 atom stereocenters. The van der Waals surface area contributed by atoms with E-state index in [0.717, 1.165) is 23.4 Å². The molecular weight excluding hydrogens is 817 g/mol. The van der Waals surface area contributed by atoms with E-state index in [2.05, 4.69) is 188 Å². The Morgan fingerprint density at radius 2 is 1.27 bits per heavy atom. The van der Waals surface area contributed by atoms with E-state index in [1.54, 1.807) is 6.08 Å². The number of aryl methyl sites for hydroxylation is 1. The minimum absolute atomic E-state index is 0.0719. The lowest BCUT2D eigenvalue weighted by Gasteiger charge is -2.46. The van der Waals surface area contributed by atoms with Gasteiger partial charge < -0.3 is 14.0 Å². The zero-order valence-corrected chi connectivity index (χ0v) is 39.1. The van der Waals surface area contributed by atoms with Crippen molar-refractivity contribution < 1.29 is 0 Å². The molecular formula is C61H58N6. The lowest BCUT2D eigenvalue weighted by Crippen LogP contribution is -2.48. The van der Waals surface area contributed by atoms with Gasteiger partial charge in [0.2, 0.25) is 0 Å². The van der Waals surface area contributed by atoms with Gasteiger partial charge in [0.05, 0.1) is 23.6 Å². The molecule has 0 saturated carbocycles. The van der Waals surface area contributed by atoms with Crippen LogP contribution in [0.1, 0.15) is 52.2 Å². The second-order valence-electron chi connectivity index (χ2n) is 18.0. The van der Waals surface area contributed by atoms with Crippen LogP contribution in [0.5, 0.6) is 0 Å². The SMILES string of the molecule is C=CC=C(C=CC)c1nc(CCC(Cn2c3ccccc3c3ccccc32)(C(=CC=C)N2C3=C(C=CC(C)C3)C(C)C2C=CC)n2c3ccccc3c3ccccc32)nc(-c2ccccc2)n1. The molecule has 3 aromatic heterocycles. The van der Waals surface area contributed by atoms with E-state index in [1.165, 1.54) is 60.6 Å². The summed E-state index contributed by atoms with van der Waals surface area (Å²) in [6.07, 6.45) is 23.8. The van der Waals surface area contributed by atoms with Crippen molar-refractivity contribution in [3.63, 3.8) is 0 Å². The second kappa shape index (κ2) is 18.4. The van der Waals surface area contributed by atoms with Gasteiger partial charge in [-0.25, -0.2) is 15.0 Å². The monoisotopic (exact) mass is 874 g/mol. The summed E-state index contributed by atoms with van der Waals surface area (Å²) in [6.45, 7) is 18.1. The molecule has 0 N–H and O–H groups in total. The second-order valence-corrected chi connectivity index (χ2v) is 18.0. The number of hydrogen-bond acceptors (Lipinski definition) is 4. The molecule has 8 aromatic rings. The maximum atomic E-state index is 5.35. The summed E-state index contributed by atoms with van der Waals surface area (Å²) in [7, 11) is 0. The van der Waals surface area contributed by atoms with Crippen molar-refractivity contribution in [2.24, 2.45) is 11.8 Å². The molecule has 6 nitrogen and oxygen atoms in total. The third kappa shape index (κ3) is 7.60. The third-order valence-electron chi connectivity index (χ3n) is 13.9. The molecule has 10 rings (SSSR count). The normalized spacial score (nSPS) is 18.9. The average Bonchev–Trinajstić information content (AvgIpc) is 3.97. The van der Waals surface area contributed by atoms with Gasteiger partial charge in [-0.1, -0.05) is 185 Å². The largest absolute Gasteiger partial charge is 0.339 e. The summed E-state index contributed by atoms with van der Waals surface area (Å²) in [4.78, 5) is 18.5. The fourth-order valence-electron chi connectivity index (χ4n) is 11.0. The van der Waals surface area contributed by atoms with E-state index < -0.39 is 5.54 Å². The Morgan fingerprint density at radius 1 is 0.687 bits per heavy atom. The molecule has 67 heavy (non-hydrogen) atoms. The standard InChI is InChI=1S/C61H58N6/c1-7-22-44(23-8-2)59-62-58(63-60(64-59)45-26-12-11-13-27-45)38-39-61(67-54-34-20-16-30-49(54)50-31-17-21-35-55(50)67,41-65-52-32-18-14-28-47(52)48-29-15-19-33-53(48)65)57(25-10-4)66-51(24-9-3)43(6)46-37-36-42(5)40-56(46)66/h7-37,42-43,51H,1,4,38-41H2,2-3,5-6H3. The van der Waals surface area contributed by atoms with Crippen LogP contribution in [-0.2, 0) is 18.5 Å². The molecule has 0 spiro atoms. The quantitative estimate of drug-likeness (QED) is 0.0807. The Labute approximate surface area is 394 Å². The van der Waals surface area contributed by atoms with Gasteiger partial charge in [-0.3, -0.25) is 0 Å². The van der Waals surface area contributed by atoms with Crippen LogP contribution in [0.3, 0.4) is 0 Å². The van der Waals surface area contributed by atoms with Crippen molar-refractivity contribution in [2.45, 2.75) is 65.1 Å². The number of benzene rings is 5. The van der Waals surface area contributed by atoms with Crippen molar-refractivity contribution in [1.29, 1.82) is 0 Å². The Hall–Kier alpha value is -7.57. The number of nitrogens with zero attached hydrogens (tertiary/aromatic N) is 6. The van der Waals surface area contributed by atoms with Crippen LogP contribution in [0.15, 0.2) is 218 Å². The smallest absolute Gasteiger partial charge is 0.163 e. The molecule has 0 bridgehead atoms. The summed E-state index contributed by atoms with van der Waals surface area (Å²) >= 11 is 0. The zero-order valence-electron chi connectivity index (χ0n) is 39.1. The fraction of sp³-hybridized carbons (Fsp3) is 0.197. The first kappa shape index (κ1) is 43.3. The van der Waals surface area contributed by atoms with Gasteiger partial charge in [0, 0.05) is 67.4 Å². The zero-order chi connectivity index (χ0) is 46.1. The Morgan fingerprint density at radius 3 is 1.87 bits per heavy atom. The molecule has 2 aliphatic rings. The van der Waals surface area contributed by atoms with Crippen LogP contribution in [0.2, 0.25) is 0 Å². The first-order valence-corrected chi connectivity index (χ1v) is 23.8. The van der Waals surface area contributed by atoms with Crippen molar-refractivity contribution in [3.8, 4) is 11.4 Å². The van der Waals surface area contributed by atoms with E-state index in [-0.39, 0.29) is 12.0 Å². The van der Waals surface area contributed by atoms with Crippen molar-refractivity contribution in [1.82, 2.24) is 29.0 Å². The van der Waals surface area contributed by atoms with E-state index in [1.807, 2.05) is 49.4 Å². The third-order valence-corrected chi connectivity index (χ3v) is 13.9. The highest BCUT2D eigenvalue weighted by Crippen LogP contribution is 2.51. The molecule has 0 saturated heterocycles. The van der Waals surface area contributed by atoms with Gasteiger partial charge in [0.25, 0.3) is 0 Å². The summed E-state index contributed by atoms with van der Waals surface area (Å²) in [5, 5.41) is 4.91. The summed E-state index contributed by atoms with van der Waals surface area (Å²) < 4.78 is 5.26. The maximum absolute atomic E-state index is 5.35. The molecule has 1 aliphatic carbocycles. The van der Waals surface area contributed by atoms with Gasteiger partial charge in [-0.05, 0) is 68.5 Å². The van der Waals surface area contributed by atoms with E-state index in [0.29, 0.717) is 37.0 Å².